The predicted octanol–water partition coefficient (Wildman–Crippen LogP) is 7.52. The van der Waals surface area contributed by atoms with E-state index in [1.54, 1.807) is 54.6 Å². The zero-order valence-electron chi connectivity index (χ0n) is 36.7. The molecule has 2 aliphatic heterocycles. The molecule has 16 nitrogen and oxygen atoms in total. The molecule has 0 saturated heterocycles. The average molecular weight is 946 g/mol. The number of hydrogen-bond acceptors (Lipinski definition) is 12. The lowest BCUT2D eigenvalue weighted by molar-refractivity contribution is -0.133. The number of hydrogen-bond donors (Lipinski definition) is 5. The van der Waals surface area contributed by atoms with Crippen molar-refractivity contribution in [3.63, 3.8) is 0 Å². The van der Waals surface area contributed by atoms with Crippen LogP contribution >= 0.6 is 0 Å². The standard InChI is InChI=1S/C53H40FN3O13/c54-29-11-9-27(10-12-29)26-57(50(62)39-21-28-5-1-3-7-41(28)70-52(39)65)40-25-38(46-34-6-2-4-8-42(34)69-48(46)47(40)60)49(61)55-19-20-67-53(66)56-30-13-16-33(37(22-30)51(63)64)45-35-17-14-31(58)23-43(35)68-44-24-32(59)15-18-36(44)45/h1-18,21-24,38,40,46-48,58,60H,19-20,25-26H2,(H,55,61)(H,56,66)(H,63,64)/t38?,40-,46+,47+,48+/m1/s1. The Kier molecular flexibility index (Phi) is 11.8. The van der Waals surface area contributed by atoms with E-state index in [0.29, 0.717) is 38.8 Å². The number of ether oxygens (including phenoxy) is 2. The number of nitrogens with one attached hydrogen (secondary N) is 2. The van der Waals surface area contributed by atoms with Gasteiger partial charge in [0.25, 0.3) is 5.91 Å². The summed E-state index contributed by atoms with van der Waals surface area (Å²) in [7, 11) is 0. The Labute approximate surface area is 395 Å². The molecule has 1 aromatic heterocycles. The van der Waals surface area contributed by atoms with Gasteiger partial charge in [-0.3, -0.25) is 19.7 Å². The quantitative estimate of drug-likeness (QED) is 0.0480. The first-order valence-electron chi connectivity index (χ1n) is 22.1. The highest BCUT2D eigenvalue weighted by Crippen LogP contribution is 2.50. The summed E-state index contributed by atoms with van der Waals surface area (Å²) in [5.41, 5.74) is 1.01. The number of amides is 3. The summed E-state index contributed by atoms with van der Waals surface area (Å²) < 4.78 is 37.1. The van der Waals surface area contributed by atoms with Crippen LogP contribution in [0.2, 0.25) is 0 Å². The van der Waals surface area contributed by atoms with Gasteiger partial charge < -0.3 is 43.8 Å². The van der Waals surface area contributed by atoms with E-state index in [2.05, 4.69) is 10.6 Å². The summed E-state index contributed by atoms with van der Waals surface area (Å²) in [6.45, 7) is -0.684. The van der Waals surface area contributed by atoms with Crippen molar-refractivity contribution in [3.8, 4) is 33.9 Å². The zero-order chi connectivity index (χ0) is 48.8. The van der Waals surface area contributed by atoms with Crippen molar-refractivity contribution in [3.05, 3.63) is 182 Å². The number of phenolic OH excluding ortho intramolecular Hbond substituents is 1. The molecule has 2 aliphatic carbocycles. The molecule has 0 spiro atoms. The van der Waals surface area contributed by atoms with Crippen molar-refractivity contribution < 1.29 is 57.2 Å². The molecule has 4 aliphatic rings. The number of rotatable bonds is 11. The highest BCUT2D eigenvalue weighted by Gasteiger charge is 2.54. The minimum Gasteiger partial charge on any atom is -0.508 e. The van der Waals surface area contributed by atoms with Gasteiger partial charge in [-0.25, -0.2) is 18.8 Å². The number of carboxylic acids is 1. The van der Waals surface area contributed by atoms with Crippen LogP contribution < -0.4 is 26.4 Å². The number of para-hydroxylation sites is 2. The normalized spacial score (nSPS) is 18.1. The number of aliphatic hydroxyl groups excluding tert-OH is 1. The lowest BCUT2D eigenvalue weighted by Crippen LogP contribution is -2.60. The van der Waals surface area contributed by atoms with E-state index in [-0.39, 0.29) is 76.6 Å². The maximum atomic E-state index is 14.6. The van der Waals surface area contributed by atoms with Gasteiger partial charge in [-0.05, 0) is 84.3 Å². The summed E-state index contributed by atoms with van der Waals surface area (Å²) in [5.74, 6) is -4.23. The molecule has 5 atom stereocenters. The Hall–Kier alpha value is -8.83. The average Bonchev–Trinajstić information content (AvgIpc) is 3.74. The number of anilines is 1. The number of phenols is 1. The molecule has 1 saturated carbocycles. The molecule has 5 N–H and O–H groups in total. The van der Waals surface area contributed by atoms with E-state index in [4.69, 9.17) is 18.3 Å². The van der Waals surface area contributed by atoms with Crippen molar-refractivity contribution >= 4 is 51.5 Å². The first-order valence-corrected chi connectivity index (χ1v) is 22.1. The van der Waals surface area contributed by atoms with E-state index in [9.17, 15) is 48.5 Å². The number of aromatic hydroxyl groups is 1. The molecule has 0 bridgehead atoms. The van der Waals surface area contributed by atoms with Gasteiger partial charge in [0.05, 0.1) is 24.1 Å². The second-order valence-electron chi connectivity index (χ2n) is 17.0. The predicted molar refractivity (Wildman–Crippen MR) is 251 cm³/mol. The van der Waals surface area contributed by atoms with Crippen LogP contribution in [0, 0.1) is 11.7 Å². The lowest BCUT2D eigenvalue weighted by Gasteiger charge is -2.45. The van der Waals surface area contributed by atoms with E-state index < -0.39 is 65.4 Å². The van der Waals surface area contributed by atoms with Crippen LogP contribution in [0.4, 0.5) is 14.9 Å². The van der Waals surface area contributed by atoms with Crippen LogP contribution in [0.5, 0.6) is 11.5 Å². The molecule has 70 heavy (non-hydrogen) atoms. The van der Waals surface area contributed by atoms with Gasteiger partial charge in [0, 0.05) is 57.7 Å². The molecule has 3 heterocycles. The van der Waals surface area contributed by atoms with Crippen molar-refractivity contribution in [1.29, 1.82) is 0 Å². The van der Waals surface area contributed by atoms with Crippen LogP contribution in [-0.4, -0.2) is 75.5 Å². The van der Waals surface area contributed by atoms with Crippen LogP contribution in [-0.2, 0) is 16.1 Å². The van der Waals surface area contributed by atoms with Crippen LogP contribution in [0.15, 0.2) is 152 Å². The molecule has 0 radical (unpaired) electrons. The first kappa shape index (κ1) is 45.0. The fraction of sp³-hybridized carbons (Fsp3) is 0.170. The number of carbonyl (C=O) groups excluding carboxylic acids is 3. The minimum absolute atomic E-state index is 0.0721. The second-order valence-corrected chi connectivity index (χ2v) is 17.0. The van der Waals surface area contributed by atoms with Gasteiger partial charge in [0.15, 0.2) is 5.43 Å². The summed E-state index contributed by atoms with van der Waals surface area (Å²) in [6.07, 6.45) is -3.45. The van der Waals surface area contributed by atoms with Crippen molar-refractivity contribution in [2.75, 3.05) is 18.5 Å². The van der Waals surface area contributed by atoms with Crippen molar-refractivity contribution in [2.45, 2.75) is 37.1 Å². The van der Waals surface area contributed by atoms with Crippen molar-refractivity contribution in [1.82, 2.24) is 10.2 Å². The third-order valence-corrected chi connectivity index (χ3v) is 12.8. The number of benzene rings is 6. The fourth-order valence-corrected chi connectivity index (χ4v) is 9.60. The molecule has 352 valence electrons. The van der Waals surface area contributed by atoms with Gasteiger partial charge in [-0.15, -0.1) is 0 Å². The monoisotopic (exact) mass is 945 g/mol. The maximum absolute atomic E-state index is 14.6. The van der Waals surface area contributed by atoms with Crippen LogP contribution in [0.1, 0.15) is 44.2 Å². The largest absolute Gasteiger partial charge is 0.508 e. The number of aromatic carboxylic acids is 1. The molecule has 17 heteroatoms. The Morgan fingerprint density at radius 1 is 0.800 bits per heavy atom. The third-order valence-electron chi connectivity index (χ3n) is 12.8. The highest BCUT2D eigenvalue weighted by molar-refractivity contribution is 6.08. The summed E-state index contributed by atoms with van der Waals surface area (Å²) in [4.78, 5) is 81.6. The van der Waals surface area contributed by atoms with Gasteiger partial charge in [0.1, 0.15) is 58.6 Å². The Morgan fingerprint density at radius 2 is 1.57 bits per heavy atom. The fourth-order valence-electron chi connectivity index (χ4n) is 9.60. The summed E-state index contributed by atoms with van der Waals surface area (Å²) >= 11 is 0. The molecule has 1 unspecified atom stereocenters. The Bertz CT molecular complexity index is 3480. The second kappa shape index (κ2) is 18.3. The Morgan fingerprint density at radius 3 is 2.39 bits per heavy atom. The number of fused-ring (bicyclic) bond motifs is 6. The van der Waals surface area contributed by atoms with E-state index in [1.807, 2.05) is 0 Å². The zero-order valence-corrected chi connectivity index (χ0v) is 36.7. The summed E-state index contributed by atoms with van der Waals surface area (Å²) in [6, 6.07) is 32.0. The molecule has 10 rings (SSSR count). The smallest absolute Gasteiger partial charge is 0.411 e. The van der Waals surface area contributed by atoms with Gasteiger partial charge >= 0.3 is 17.7 Å². The van der Waals surface area contributed by atoms with E-state index >= 15 is 0 Å². The lowest BCUT2D eigenvalue weighted by atomic mass is 9.70. The molecular formula is C53H40FN3O13. The number of aliphatic hydroxyl groups is 1. The number of nitrogens with zero attached hydrogens (tertiary/aromatic N) is 1. The number of carbonyl (C=O) groups is 4. The van der Waals surface area contributed by atoms with E-state index in [1.165, 1.54) is 83.8 Å². The number of carboxylic acid groups (broad SMARTS) is 1. The molecule has 6 aromatic rings. The minimum atomic E-state index is -1.37. The molecule has 5 aromatic carbocycles. The third kappa shape index (κ3) is 8.53. The highest BCUT2D eigenvalue weighted by atomic mass is 19.1. The Balaban J connectivity index is 0.870. The molecule has 3 amide bonds. The maximum Gasteiger partial charge on any atom is 0.411 e. The van der Waals surface area contributed by atoms with Crippen LogP contribution in [0.25, 0.3) is 44.4 Å². The van der Waals surface area contributed by atoms with Gasteiger partial charge in [0.2, 0.25) is 5.91 Å². The first-order chi connectivity index (χ1) is 33.8. The summed E-state index contributed by atoms with van der Waals surface area (Å²) in [5, 5.41) is 38.9. The molecule has 1 fully saturated rings. The topological polar surface area (TPSA) is 235 Å². The number of halogens is 1. The van der Waals surface area contributed by atoms with Gasteiger partial charge in [-0.1, -0.05) is 54.6 Å². The van der Waals surface area contributed by atoms with E-state index in [0.717, 1.165) is 0 Å². The van der Waals surface area contributed by atoms with Gasteiger partial charge in [-0.2, -0.15) is 0 Å². The van der Waals surface area contributed by atoms with Crippen molar-refractivity contribution in [2.24, 2.45) is 5.92 Å². The SMILES string of the molecule is O=C(Nc1ccc(-c2c3ccc(=O)cc-3oc3cc(O)ccc23)c(C(=O)O)c1)OCCNC(=O)C1C[C@@H](N(Cc2ccc(F)cc2)C(=O)c2cc3ccccc3oc2=O)[C@H](O)[C@H]2Oc3ccccc3[C@@H]12. The van der Waals surface area contributed by atoms with Crippen LogP contribution in [0.3, 0.4) is 0 Å². The molecular weight excluding hydrogens is 906 g/mol.